The fourth-order valence-electron chi connectivity index (χ4n) is 1.46. The van der Waals surface area contributed by atoms with Crippen molar-refractivity contribution in [1.82, 2.24) is 0 Å². The van der Waals surface area contributed by atoms with Crippen molar-refractivity contribution >= 4 is 5.97 Å². The molecule has 0 radical (unpaired) electrons. The average molecular weight is 286 g/mol. The van der Waals surface area contributed by atoms with Crippen LogP contribution in [-0.4, -0.2) is 11.1 Å². The number of aromatic carboxylic acids is 1. The Kier molecular flexibility index (Phi) is 3.69. The zero-order valence-electron chi connectivity index (χ0n) is 9.98. The second-order valence-corrected chi connectivity index (χ2v) is 3.88. The Bertz CT molecular complexity index is 599. The Hall–Kier alpha value is -2.44. The Balaban J connectivity index is 1.98. The summed E-state index contributed by atoms with van der Waals surface area (Å²) in [6, 6.07) is 7.50. The van der Waals surface area contributed by atoms with Crippen LogP contribution in [0, 0.1) is 0 Å². The van der Waals surface area contributed by atoms with Gasteiger partial charge in [0.05, 0.1) is 5.56 Å². The van der Waals surface area contributed by atoms with Crippen LogP contribution in [0.4, 0.5) is 13.2 Å². The molecule has 0 unspecified atom stereocenters. The number of halogens is 3. The van der Waals surface area contributed by atoms with Gasteiger partial charge in [-0.3, -0.25) is 0 Å². The standard InChI is InChI=1S/C13H9F3O4/c14-13(15,16)11-6-5-10(20-11)7-19-9-3-1-8(2-4-9)12(17)18/h1-6H,7H2,(H,17,18). The van der Waals surface area contributed by atoms with Crippen molar-refractivity contribution in [2.45, 2.75) is 12.8 Å². The maximum Gasteiger partial charge on any atom is 0.449 e. The van der Waals surface area contributed by atoms with Crippen LogP contribution in [-0.2, 0) is 12.8 Å². The number of carboxylic acids is 1. The highest BCUT2D eigenvalue weighted by molar-refractivity contribution is 5.87. The number of hydrogen-bond acceptors (Lipinski definition) is 3. The molecule has 0 fully saturated rings. The molecular weight excluding hydrogens is 277 g/mol. The van der Waals surface area contributed by atoms with Crippen molar-refractivity contribution in [3.63, 3.8) is 0 Å². The number of alkyl halides is 3. The summed E-state index contributed by atoms with van der Waals surface area (Å²) in [6.07, 6.45) is -4.53. The predicted octanol–water partition coefficient (Wildman–Crippen LogP) is 3.58. The highest BCUT2D eigenvalue weighted by atomic mass is 19.4. The van der Waals surface area contributed by atoms with Crippen molar-refractivity contribution in [3.05, 3.63) is 53.5 Å². The molecule has 1 aromatic carbocycles. The third-order valence-corrected chi connectivity index (χ3v) is 2.42. The minimum Gasteiger partial charge on any atom is -0.486 e. The summed E-state index contributed by atoms with van der Waals surface area (Å²) in [6.45, 7) is -0.178. The zero-order valence-corrected chi connectivity index (χ0v) is 9.98. The van der Waals surface area contributed by atoms with E-state index >= 15 is 0 Å². The summed E-state index contributed by atoms with van der Waals surface area (Å²) in [5.41, 5.74) is 0.0923. The van der Waals surface area contributed by atoms with E-state index in [1.807, 2.05) is 0 Å². The molecule has 0 saturated carbocycles. The zero-order chi connectivity index (χ0) is 14.8. The van der Waals surface area contributed by atoms with Crippen LogP contribution in [0.1, 0.15) is 21.9 Å². The van der Waals surface area contributed by atoms with E-state index in [4.69, 9.17) is 9.84 Å². The van der Waals surface area contributed by atoms with Crippen molar-refractivity contribution in [2.24, 2.45) is 0 Å². The summed E-state index contributed by atoms with van der Waals surface area (Å²) in [4.78, 5) is 10.6. The van der Waals surface area contributed by atoms with E-state index in [1.165, 1.54) is 30.3 Å². The fourth-order valence-corrected chi connectivity index (χ4v) is 1.46. The molecule has 20 heavy (non-hydrogen) atoms. The van der Waals surface area contributed by atoms with Gasteiger partial charge < -0.3 is 14.3 Å². The number of ether oxygens (including phenoxy) is 1. The fraction of sp³-hybridized carbons (Fsp3) is 0.154. The Morgan fingerprint density at radius 1 is 1.15 bits per heavy atom. The molecule has 106 valence electrons. The Labute approximate surface area is 111 Å². The van der Waals surface area contributed by atoms with Crippen LogP contribution in [0.5, 0.6) is 5.75 Å². The maximum absolute atomic E-state index is 12.3. The topological polar surface area (TPSA) is 59.7 Å². The van der Waals surface area contributed by atoms with E-state index in [1.54, 1.807) is 0 Å². The molecule has 2 aromatic rings. The lowest BCUT2D eigenvalue weighted by molar-refractivity contribution is -0.153. The average Bonchev–Trinajstić information content (AvgIpc) is 2.85. The quantitative estimate of drug-likeness (QED) is 0.933. The van der Waals surface area contributed by atoms with Gasteiger partial charge in [-0.05, 0) is 36.4 Å². The number of carbonyl (C=O) groups is 1. The maximum atomic E-state index is 12.3. The third kappa shape index (κ3) is 3.31. The summed E-state index contributed by atoms with van der Waals surface area (Å²) in [5, 5.41) is 8.70. The minimum absolute atomic E-state index is 0.0274. The molecule has 2 rings (SSSR count). The summed E-state index contributed by atoms with van der Waals surface area (Å²) >= 11 is 0. The van der Waals surface area contributed by atoms with Crippen molar-refractivity contribution in [1.29, 1.82) is 0 Å². The third-order valence-electron chi connectivity index (χ3n) is 2.42. The lowest BCUT2D eigenvalue weighted by atomic mass is 10.2. The first-order chi connectivity index (χ1) is 9.36. The van der Waals surface area contributed by atoms with Gasteiger partial charge in [0.1, 0.15) is 18.1 Å². The molecule has 0 aliphatic heterocycles. The van der Waals surface area contributed by atoms with Gasteiger partial charge in [0.2, 0.25) is 5.76 Å². The number of carboxylic acid groups (broad SMARTS) is 1. The summed E-state index contributed by atoms with van der Waals surface area (Å²) < 4.78 is 46.7. The second-order valence-electron chi connectivity index (χ2n) is 3.88. The van der Waals surface area contributed by atoms with Gasteiger partial charge in [0.15, 0.2) is 0 Å². The molecule has 0 saturated heterocycles. The normalized spacial score (nSPS) is 11.3. The predicted molar refractivity (Wildman–Crippen MR) is 61.4 cm³/mol. The van der Waals surface area contributed by atoms with Crippen molar-refractivity contribution < 1.29 is 32.2 Å². The molecule has 0 amide bonds. The Morgan fingerprint density at radius 3 is 2.30 bits per heavy atom. The largest absolute Gasteiger partial charge is 0.486 e. The molecule has 7 heteroatoms. The van der Waals surface area contributed by atoms with Gasteiger partial charge >= 0.3 is 12.1 Å². The highest BCUT2D eigenvalue weighted by Crippen LogP contribution is 2.30. The highest BCUT2D eigenvalue weighted by Gasteiger charge is 2.34. The molecular formula is C13H9F3O4. The molecule has 0 spiro atoms. The molecule has 0 aliphatic carbocycles. The van der Waals surface area contributed by atoms with E-state index in [9.17, 15) is 18.0 Å². The number of hydrogen-bond donors (Lipinski definition) is 1. The summed E-state index contributed by atoms with van der Waals surface area (Å²) in [7, 11) is 0. The van der Waals surface area contributed by atoms with Crippen LogP contribution in [0.2, 0.25) is 0 Å². The SMILES string of the molecule is O=C(O)c1ccc(OCc2ccc(C(F)(F)F)o2)cc1. The van der Waals surface area contributed by atoms with E-state index in [2.05, 4.69) is 4.42 Å². The molecule has 0 bridgehead atoms. The van der Waals surface area contributed by atoms with E-state index in [0.717, 1.165) is 6.07 Å². The molecule has 1 N–H and O–H groups in total. The monoisotopic (exact) mass is 286 g/mol. The Morgan fingerprint density at radius 2 is 1.80 bits per heavy atom. The van der Waals surface area contributed by atoms with E-state index in [0.29, 0.717) is 5.75 Å². The van der Waals surface area contributed by atoms with Gasteiger partial charge in [-0.1, -0.05) is 0 Å². The second kappa shape index (κ2) is 5.28. The smallest absolute Gasteiger partial charge is 0.449 e. The van der Waals surface area contributed by atoms with E-state index in [-0.39, 0.29) is 17.9 Å². The lowest BCUT2D eigenvalue weighted by Crippen LogP contribution is -2.02. The van der Waals surface area contributed by atoms with Gasteiger partial charge in [-0.25, -0.2) is 4.79 Å². The van der Waals surface area contributed by atoms with E-state index < -0.39 is 17.9 Å². The van der Waals surface area contributed by atoms with Crippen LogP contribution in [0.15, 0.2) is 40.8 Å². The number of furan rings is 1. The number of benzene rings is 1. The molecule has 1 heterocycles. The van der Waals surface area contributed by atoms with Crippen molar-refractivity contribution in [3.8, 4) is 5.75 Å². The van der Waals surface area contributed by atoms with Gasteiger partial charge in [0, 0.05) is 0 Å². The molecule has 0 atom stereocenters. The summed E-state index contributed by atoms with van der Waals surface area (Å²) in [5.74, 6) is -1.80. The molecule has 0 aliphatic rings. The molecule has 4 nitrogen and oxygen atoms in total. The van der Waals surface area contributed by atoms with Crippen LogP contribution in [0.25, 0.3) is 0 Å². The lowest BCUT2D eigenvalue weighted by Gasteiger charge is -2.05. The van der Waals surface area contributed by atoms with Crippen LogP contribution >= 0.6 is 0 Å². The van der Waals surface area contributed by atoms with Crippen LogP contribution in [0.3, 0.4) is 0 Å². The number of rotatable bonds is 4. The molecule has 1 aromatic heterocycles. The first-order valence-electron chi connectivity index (χ1n) is 5.48. The van der Waals surface area contributed by atoms with Crippen LogP contribution < -0.4 is 4.74 Å². The van der Waals surface area contributed by atoms with Crippen molar-refractivity contribution in [2.75, 3.05) is 0 Å². The van der Waals surface area contributed by atoms with Gasteiger partial charge in [0.25, 0.3) is 0 Å². The first kappa shape index (κ1) is 14.0. The first-order valence-corrected chi connectivity index (χ1v) is 5.48. The minimum atomic E-state index is -4.53. The van der Waals surface area contributed by atoms with Gasteiger partial charge in [-0.15, -0.1) is 0 Å². The van der Waals surface area contributed by atoms with Gasteiger partial charge in [-0.2, -0.15) is 13.2 Å².